The van der Waals surface area contributed by atoms with Crippen LogP contribution in [-0.4, -0.2) is 60.2 Å². The zero-order valence-electron chi connectivity index (χ0n) is 25.6. The molecule has 2 aliphatic heterocycles. The molecule has 7 rings (SSSR count). The summed E-state index contributed by atoms with van der Waals surface area (Å²) in [5.41, 5.74) is 0.375. The summed E-state index contributed by atoms with van der Waals surface area (Å²) >= 11 is 0. The molecule has 11 atom stereocenters. The molecule has 5 aliphatic carbocycles. The summed E-state index contributed by atoms with van der Waals surface area (Å²) in [4.78, 5) is 16.4. The van der Waals surface area contributed by atoms with Crippen LogP contribution in [0.4, 0.5) is 0 Å². The lowest BCUT2D eigenvalue weighted by molar-refractivity contribution is -0.200. The first-order valence-electron chi connectivity index (χ1n) is 16.3. The van der Waals surface area contributed by atoms with Gasteiger partial charge in [-0.05, 0) is 118 Å². The normalized spacial score (nSPS) is 49.4. The molecule has 7 aliphatic rings. The van der Waals surface area contributed by atoms with Crippen LogP contribution >= 0.6 is 0 Å². The molecule has 2 N–H and O–H groups in total. The van der Waals surface area contributed by atoms with Crippen LogP contribution in [0.25, 0.3) is 0 Å². The first kappa shape index (κ1) is 27.6. The molecule has 0 radical (unpaired) electrons. The Morgan fingerprint density at radius 1 is 1.05 bits per heavy atom. The molecular formula is C33H52N2O5. The minimum atomic E-state index is -1.13. The van der Waals surface area contributed by atoms with Crippen LogP contribution in [0.5, 0.6) is 0 Å². The van der Waals surface area contributed by atoms with Crippen molar-refractivity contribution < 1.29 is 24.1 Å². The largest absolute Gasteiger partial charge is 0.476 e. The smallest absolute Gasteiger partial charge is 0.303 e. The van der Waals surface area contributed by atoms with Crippen molar-refractivity contribution in [3.8, 4) is 0 Å². The van der Waals surface area contributed by atoms with Crippen LogP contribution in [0, 0.1) is 45.3 Å². The molecule has 7 nitrogen and oxygen atoms in total. The van der Waals surface area contributed by atoms with Crippen LogP contribution in [-0.2, 0) is 19.0 Å². The Morgan fingerprint density at radius 2 is 1.82 bits per heavy atom. The van der Waals surface area contributed by atoms with Crippen LogP contribution in [0.1, 0.15) is 106 Å². The van der Waals surface area contributed by atoms with Gasteiger partial charge in [0, 0.05) is 12.3 Å². The molecule has 0 bridgehead atoms. The first-order chi connectivity index (χ1) is 18.8. The Balaban J connectivity index is 1.10. The summed E-state index contributed by atoms with van der Waals surface area (Å²) in [6, 6.07) is 0. The van der Waals surface area contributed by atoms with Crippen LogP contribution in [0.15, 0.2) is 4.99 Å². The van der Waals surface area contributed by atoms with Crippen molar-refractivity contribution >= 4 is 11.9 Å². The molecule has 7 heteroatoms. The van der Waals surface area contributed by atoms with Gasteiger partial charge in [0.15, 0.2) is 12.0 Å². The number of fused-ring (bicyclic) bond motifs is 4. The van der Waals surface area contributed by atoms with Gasteiger partial charge in [-0.1, -0.05) is 20.8 Å². The van der Waals surface area contributed by atoms with E-state index in [-0.39, 0.29) is 29.7 Å². The second-order valence-corrected chi connectivity index (χ2v) is 16.3. The SMILES string of the molecule is CC(=O)O[C@@H](C1CCC2C(CC3C4CCC5C(C)(C)[C@@H](OC6=NCNC6)CCC56C[C@@]46CCC23C)O1)C(C)(C)O. The average Bonchev–Trinajstić information content (AvgIpc) is 3.13. The molecule has 2 spiro atoms. The number of aliphatic imine (C=N–C) groups is 1. The number of hydrogen-bond donors (Lipinski definition) is 2. The van der Waals surface area contributed by atoms with Crippen LogP contribution in [0.2, 0.25) is 0 Å². The lowest BCUT2D eigenvalue weighted by Gasteiger charge is -2.59. The van der Waals surface area contributed by atoms with Crippen molar-refractivity contribution in [2.24, 2.45) is 50.3 Å². The van der Waals surface area contributed by atoms with E-state index in [1.54, 1.807) is 13.8 Å². The van der Waals surface area contributed by atoms with E-state index >= 15 is 0 Å². The Morgan fingerprint density at radius 3 is 2.52 bits per heavy atom. The van der Waals surface area contributed by atoms with Crippen LogP contribution < -0.4 is 5.32 Å². The summed E-state index contributed by atoms with van der Waals surface area (Å²) < 4.78 is 19.0. The standard InChI is InChI=1S/C33H52N2O5/c1-19(36)38-28(30(4,5)37)23-9-7-21-24(39-23)15-22-20-8-10-25-29(2,3)26(40-27-16-34-18-35-27)11-12-33(25)17-32(20,33)14-13-31(21,22)6/h20-26,28,34,37H,7-18H2,1-6H3/t20?,21?,22?,23?,24?,25?,26-,28-,31?,32-,33?/m0/s1. The number of hydrogen-bond acceptors (Lipinski definition) is 7. The molecule has 5 saturated carbocycles. The summed E-state index contributed by atoms with van der Waals surface area (Å²) in [5.74, 6) is 3.37. The fraction of sp³-hybridized carbons (Fsp3) is 0.939. The number of ether oxygens (including phenoxy) is 3. The predicted molar refractivity (Wildman–Crippen MR) is 153 cm³/mol. The number of carbonyl (C=O) groups is 1. The Labute approximate surface area is 240 Å². The van der Waals surface area contributed by atoms with Gasteiger partial charge in [-0.15, -0.1) is 0 Å². The maximum absolute atomic E-state index is 11.9. The molecule has 0 aromatic rings. The quantitative estimate of drug-likeness (QED) is 0.461. The molecule has 6 fully saturated rings. The molecule has 0 aromatic heterocycles. The van der Waals surface area contributed by atoms with Crippen molar-refractivity contribution in [2.75, 3.05) is 13.2 Å². The molecule has 0 amide bonds. The molecule has 40 heavy (non-hydrogen) atoms. The van der Waals surface area contributed by atoms with Gasteiger partial charge in [0.05, 0.1) is 31.0 Å². The van der Waals surface area contributed by atoms with Crippen LogP contribution in [0.3, 0.4) is 0 Å². The summed E-state index contributed by atoms with van der Waals surface area (Å²) in [6.45, 7) is 13.9. The van der Waals surface area contributed by atoms with Gasteiger partial charge in [0.1, 0.15) is 6.10 Å². The third kappa shape index (κ3) is 3.78. The summed E-state index contributed by atoms with van der Waals surface area (Å²) in [5, 5.41) is 14.1. The highest BCUT2D eigenvalue weighted by Gasteiger charge is 2.81. The average molecular weight is 557 g/mol. The predicted octanol–water partition coefficient (Wildman–Crippen LogP) is 5.24. The third-order valence-electron chi connectivity index (χ3n) is 13.8. The Hall–Kier alpha value is -1.18. The highest BCUT2D eigenvalue weighted by atomic mass is 16.6. The highest BCUT2D eigenvalue weighted by Crippen LogP contribution is 2.87. The maximum Gasteiger partial charge on any atom is 0.303 e. The van der Waals surface area contributed by atoms with Crippen molar-refractivity contribution in [1.29, 1.82) is 0 Å². The lowest BCUT2D eigenvalue weighted by Crippen LogP contribution is -2.55. The minimum absolute atomic E-state index is 0.168. The van der Waals surface area contributed by atoms with E-state index in [1.807, 2.05) is 0 Å². The second-order valence-electron chi connectivity index (χ2n) is 16.3. The maximum atomic E-state index is 11.9. The Bertz CT molecular complexity index is 1080. The highest BCUT2D eigenvalue weighted by molar-refractivity contribution is 5.79. The second kappa shape index (κ2) is 8.92. The fourth-order valence-corrected chi connectivity index (χ4v) is 12.1. The number of rotatable bonds is 4. The molecule has 0 aromatic carbocycles. The zero-order valence-corrected chi connectivity index (χ0v) is 25.6. The summed E-state index contributed by atoms with van der Waals surface area (Å²) in [6.07, 6.45) is 12.0. The van der Waals surface area contributed by atoms with Crippen molar-refractivity contribution in [2.45, 2.75) is 136 Å². The lowest BCUT2D eigenvalue weighted by atomic mass is 9.46. The molecule has 2 heterocycles. The van der Waals surface area contributed by atoms with E-state index in [1.165, 1.54) is 45.4 Å². The monoisotopic (exact) mass is 556 g/mol. The number of esters is 1. The fourth-order valence-electron chi connectivity index (χ4n) is 12.1. The molecule has 224 valence electrons. The van der Waals surface area contributed by atoms with Crippen molar-refractivity contribution in [3.05, 3.63) is 0 Å². The van der Waals surface area contributed by atoms with E-state index in [0.29, 0.717) is 34.7 Å². The van der Waals surface area contributed by atoms with Crippen molar-refractivity contribution in [3.63, 3.8) is 0 Å². The first-order valence-corrected chi connectivity index (χ1v) is 16.3. The van der Waals surface area contributed by atoms with E-state index in [4.69, 9.17) is 14.2 Å². The summed E-state index contributed by atoms with van der Waals surface area (Å²) in [7, 11) is 0. The topological polar surface area (TPSA) is 89.4 Å². The number of aliphatic hydroxyl groups is 1. The number of nitrogens with zero attached hydrogens (tertiary/aromatic N) is 1. The number of nitrogens with one attached hydrogen (secondary N) is 1. The van der Waals surface area contributed by atoms with Gasteiger partial charge >= 0.3 is 5.97 Å². The van der Waals surface area contributed by atoms with E-state index < -0.39 is 11.7 Å². The van der Waals surface area contributed by atoms with Gasteiger partial charge in [-0.2, -0.15) is 0 Å². The van der Waals surface area contributed by atoms with Gasteiger partial charge in [-0.3, -0.25) is 10.1 Å². The van der Waals surface area contributed by atoms with Gasteiger partial charge < -0.3 is 19.3 Å². The van der Waals surface area contributed by atoms with E-state index in [2.05, 4.69) is 31.1 Å². The van der Waals surface area contributed by atoms with E-state index in [9.17, 15) is 9.90 Å². The van der Waals surface area contributed by atoms with Gasteiger partial charge in [0.25, 0.3) is 0 Å². The van der Waals surface area contributed by atoms with Gasteiger partial charge in [0.2, 0.25) is 0 Å². The zero-order chi connectivity index (χ0) is 28.3. The van der Waals surface area contributed by atoms with Gasteiger partial charge in [-0.25, -0.2) is 4.99 Å². The molecule has 1 saturated heterocycles. The molecular weight excluding hydrogens is 504 g/mol. The number of carbonyl (C=O) groups excluding carboxylic acids is 1. The minimum Gasteiger partial charge on any atom is -0.476 e. The van der Waals surface area contributed by atoms with E-state index in [0.717, 1.165) is 50.0 Å². The molecule has 8 unspecified atom stereocenters. The Kier molecular flexibility index (Phi) is 6.16. The third-order valence-corrected chi connectivity index (χ3v) is 13.8. The van der Waals surface area contributed by atoms with Crippen molar-refractivity contribution in [1.82, 2.24) is 5.32 Å².